The van der Waals surface area contributed by atoms with E-state index in [0.717, 1.165) is 23.8 Å². The van der Waals surface area contributed by atoms with Crippen LogP contribution >= 0.6 is 12.2 Å². The van der Waals surface area contributed by atoms with E-state index in [-0.39, 0.29) is 16.5 Å². The molecule has 0 spiro atoms. The van der Waals surface area contributed by atoms with Crippen molar-refractivity contribution < 1.29 is 14.1 Å². The minimum absolute atomic E-state index is 0.157. The van der Waals surface area contributed by atoms with Crippen LogP contribution in [0.4, 0.5) is 15.8 Å². The number of carbonyl (C=O) groups excluding carboxylic acids is 1. The normalized spacial score (nSPS) is 10.0. The summed E-state index contributed by atoms with van der Waals surface area (Å²) < 4.78 is 13.6. The molecule has 0 radical (unpaired) electrons. The first kappa shape index (κ1) is 16.5. The molecule has 2 aromatic carbocycles. The number of nitrogens with one attached hydrogen (secondary N) is 2. The van der Waals surface area contributed by atoms with Crippen LogP contribution in [-0.2, 0) is 0 Å². The average Bonchev–Trinajstić information content (AvgIpc) is 2.49. The Labute approximate surface area is 136 Å². The molecule has 2 aromatic rings. The van der Waals surface area contributed by atoms with Crippen molar-refractivity contribution in [2.75, 3.05) is 5.32 Å². The monoisotopic (exact) mass is 333 g/mol. The van der Waals surface area contributed by atoms with Crippen LogP contribution in [0.15, 0.2) is 42.5 Å². The van der Waals surface area contributed by atoms with Crippen molar-refractivity contribution in [3.8, 4) is 0 Å². The van der Waals surface area contributed by atoms with Gasteiger partial charge in [0.25, 0.3) is 11.6 Å². The van der Waals surface area contributed by atoms with Gasteiger partial charge in [-0.3, -0.25) is 20.2 Å². The van der Waals surface area contributed by atoms with Gasteiger partial charge in [0.05, 0.1) is 10.6 Å². The van der Waals surface area contributed by atoms with Crippen LogP contribution in [-0.4, -0.2) is 15.9 Å². The minimum Gasteiger partial charge on any atom is -0.330 e. The number of nitro benzene ring substituents is 1. The molecule has 0 aromatic heterocycles. The Morgan fingerprint density at radius 1 is 1.26 bits per heavy atom. The molecule has 118 valence electrons. The van der Waals surface area contributed by atoms with Crippen LogP contribution in [0.5, 0.6) is 0 Å². The van der Waals surface area contributed by atoms with Gasteiger partial charge in [-0.25, -0.2) is 4.39 Å². The number of rotatable bonds is 3. The Balaban J connectivity index is 2.09. The van der Waals surface area contributed by atoms with Crippen molar-refractivity contribution in [2.24, 2.45) is 0 Å². The summed E-state index contributed by atoms with van der Waals surface area (Å²) in [5, 5.41) is 15.4. The highest BCUT2D eigenvalue weighted by Gasteiger charge is 2.13. The highest BCUT2D eigenvalue weighted by Crippen LogP contribution is 2.21. The molecule has 0 unspecified atom stereocenters. The Morgan fingerprint density at radius 2 is 2.00 bits per heavy atom. The first-order valence-electron chi connectivity index (χ1n) is 6.50. The quantitative estimate of drug-likeness (QED) is 0.512. The Hall–Kier alpha value is -2.87. The van der Waals surface area contributed by atoms with Crippen molar-refractivity contribution >= 4 is 34.6 Å². The molecule has 8 heteroatoms. The number of nitrogens with zero attached hydrogens (tertiary/aromatic N) is 1. The van der Waals surface area contributed by atoms with Crippen molar-refractivity contribution in [1.29, 1.82) is 0 Å². The van der Waals surface area contributed by atoms with Crippen LogP contribution < -0.4 is 10.6 Å². The van der Waals surface area contributed by atoms with E-state index in [2.05, 4.69) is 10.6 Å². The van der Waals surface area contributed by atoms with Crippen LogP contribution in [0.1, 0.15) is 15.9 Å². The molecular weight excluding hydrogens is 321 g/mol. The molecule has 6 nitrogen and oxygen atoms in total. The fourth-order valence-corrected chi connectivity index (χ4v) is 2.04. The lowest BCUT2D eigenvalue weighted by Crippen LogP contribution is -2.34. The molecule has 0 saturated heterocycles. The number of anilines is 1. The van der Waals surface area contributed by atoms with Gasteiger partial charge < -0.3 is 5.32 Å². The number of non-ortho nitro benzene ring substituents is 1. The van der Waals surface area contributed by atoms with Crippen LogP contribution in [0.2, 0.25) is 0 Å². The van der Waals surface area contributed by atoms with Crippen molar-refractivity contribution in [3.05, 3.63) is 69.5 Å². The number of amides is 1. The molecule has 0 aliphatic rings. The molecule has 0 aliphatic heterocycles. The van der Waals surface area contributed by atoms with E-state index in [9.17, 15) is 19.3 Å². The SMILES string of the molecule is Cc1cccc(C(=O)NC(=S)Nc2cc([N+](=O)[O-])ccc2F)c1. The fraction of sp³-hybridized carbons (Fsp3) is 0.0667. The van der Waals surface area contributed by atoms with Crippen molar-refractivity contribution in [2.45, 2.75) is 6.92 Å². The van der Waals surface area contributed by atoms with Crippen molar-refractivity contribution in [3.63, 3.8) is 0 Å². The number of aryl methyl sites for hydroxylation is 1. The summed E-state index contributed by atoms with van der Waals surface area (Å²) in [4.78, 5) is 22.1. The highest BCUT2D eigenvalue weighted by atomic mass is 32.1. The first-order chi connectivity index (χ1) is 10.9. The predicted octanol–water partition coefficient (Wildman–Crippen LogP) is 3.17. The molecule has 0 fully saturated rings. The van der Waals surface area contributed by atoms with Crippen LogP contribution in [0.3, 0.4) is 0 Å². The topological polar surface area (TPSA) is 84.3 Å². The summed E-state index contributed by atoms with van der Waals surface area (Å²) in [6, 6.07) is 9.83. The standard InChI is InChI=1S/C15H12FN3O3S/c1-9-3-2-4-10(7-9)14(20)18-15(23)17-13-8-11(19(21)22)5-6-12(13)16/h2-8H,1H3,(H2,17,18,20,23). The zero-order chi connectivity index (χ0) is 17.0. The molecule has 0 bridgehead atoms. The third-order valence-corrected chi connectivity index (χ3v) is 3.12. The van der Waals surface area contributed by atoms with Gasteiger partial charge in [-0.1, -0.05) is 17.7 Å². The number of benzene rings is 2. The lowest BCUT2D eigenvalue weighted by molar-refractivity contribution is -0.384. The maximum Gasteiger partial charge on any atom is 0.271 e. The van der Waals surface area contributed by atoms with E-state index in [1.807, 2.05) is 13.0 Å². The Morgan fingerprint density at radius 3 is 2.65 bits per heavy atom. The summed E-state index contributed by atoms with van der Waals surface area (Å²) in [7, 11) is 0. The second-order valence-corrected chi connectivity index (χ2v) is 5.11. The van der Waals surface area contributed by atoms with Gasteiger partial charge in [0, 0.05) is 17.7 Å². The molecule has 1 amide bonds. The molecule has 2 rings (SSSR count). The molecule has 2 N–H and O–H groups in total. The van der Waals surface area contributed by atoms with Crippen LogP contribution in [0, 0.1) is 22.9 Å². The summed E-state index contributed by atoms with van der Waals surface area (Å²) in [5.41, 5.74) is 0.824. The number of nitro groups is 1. The number of hydrogen-bond acceptors (Lipinski definition) is 4. The Bertz CT molecular complexity index is 795. The zero-order valence-corrected chi connectivity index (χ0v) is 12.8. The van der Waals surface area contributed by atoms with Gasteiger partial charge in [0.1, 0.15) is 5.82 Å². The van der Waals surface area contributed by atoms with E-state index in [4.69, 9.17) is 12.2 Å². The smallest absolute Gasteiger partial charge is 0.271 e. The van der Waals surface area contributed by atoms with Gasteiger partial charge in [-0.05, 0) is 37.3 Å². The molecule has 0 heterocycles. The van der Waals surface area contributed by atoms with Crippen molar-refractivity contribution in [1.82, 2.24) is 5.32 Å². The number of carbonyl (C=O) groups is 1. The lowest BCUT2D eigenvalue weighted by atomic mass is 10.1. The third kappa shape index (κ3) is 4.30. The van der Waals surface area contributed by atoms with E-state index >= 15 is 0 Å². The minimum atomic E-state index is -0.720. The lowest BCUT2D eigenvalue weighted by Gasteiger charge is -2.10. The second kappa shape index (κ2) is 6.93. The van der Waals surface area contributed by atoms with E-state index in [1.165, 1.54) is 0 Å². The van der Waals surface area contributed by atoms with E-state index < -0.39 is 16.6 Å². The number of thiocarbonyl (C=S) groups is 1. The number of halogens is 1. The predicted molar refractivity (Wildman–Crippen MR) is 87.9 cm³/mol. The maximum atomic E-state index is 13.6. The summed E-state index contributed by atoms with van der Waals surface area (Å²) in [6.07, 6.45) is 0. The van der Waals surface area contributed by atoms with Gasteiger partial charge in [-0.15, -0.1) is 0 Å². The molecule has 23 heavy (non-hydrogen) atoms. The molecular formula is C15H12FN3O3S. The largest absolute Gasteiger partial charge is 0.330 e. The van der Waals surface area contributed by atoms with Gasteiger partial charge in [0.15, 0.2) is 5.11 Å². The average molecular weight is 333 g/mol. The molecule has 0 atom stereocenters. The van der Waals surface area contributed by atoms with Gasteiger partial charge in [-0.2, -0.15) is 0 Å². The molecule has 0 aliphatic carbocycles. The van der Waals surface area contributed by atoms with E-state index in [0.29, 0.717) is 5.56 Å². The van der Waals surface area contributed by atoms with E-state index in [1.54, 1.807) is 18.2 Å². The van der Waals surface area contributed by atoms with Crippen LogP contribution in [0.25, 0.3) is 0 Å². The molecule has 0 saturated carbocycles. The second-order valence-electron chi connectivity index (χ2n) is 4.70. The zero-order valence-electron chi connectivity index (χ0n) is 12.0. The number of hydrogen-bond donors (Lipinski definition) is 2. The third-order valence-electron chi connectivity index (χ3n) is 2.92. The fourth-order valence-electron chi connectivity index (χ4n) is 1.84. The summed E-state index contributed by atoms with van der Waals surface area (Å²) >= 11 is 4.93. The van der Waals surface area contributed by atoms with Gasteiger partial charge in [0.2, 0.25) is 0 Å². The van der Waals surface area contributed by atoms with Gasteiger partial charge >= 0.3 is 0 Å². The summed E-state index contributed by atoms with van der Waals surface area (Å²) in [6.45, 7) is 1.84. The Kier molecular flexibility index (Phi) is 4.97. The summed E-state index contributed by atoms with van der Waals surface area (Å²) in [5.74, 6) is -1.18. The highest BCUT2D eigenvalue weighted by molar-refractivity contribution is 7.80. The maximum absolute atomic E-state index is 13.6. The first-order valence-corrected chi connectivity index (χ1v) is 6.90.